The fourth-order valence-corrected chi connectivity index (χ4v) is 2.64. The first-order valence-corrected chi connectivity index (χ1v) is 6.55. The average Bonchev–Trinajstić information content (AvgIpc) is 2.90. The third-order valence-electron chi connectivity index (χ3n) is 3.74. The summed E-state index contributed by atoms with van der Waals surface area (Å²) in [5.74, 6) is 0.270. The minimum atomic E-state index is -0.295. The molecule has 1 aliphatic heterocycles. The molecule has 4 heteroatoms. The largest absolute Gasteiger partial charge is 0.465 e. The van der Waals surface area contributed by atoms with Crippen LogP contribution in [0.1, 0.15) is 34.7 Å². The highest BCUT2D eigenvalue weighted by molar-refractivity contribution is 5.91. The minimum absolute atomic E-state index is 0.295. The van der Waals surface area contributed by atoms with Crippen LogP contribution in [0.4, 0.5) is 0 Å². The van der Waals surface area contributed by atoms with E-state index in [1.165, 1.54) is 12.7 Å². The Labute approximate surface area is 111 Å². The molecular formula is C15H17NO3. The molecule has 0 spiro atoms. The Morgan fingerprint density at radius 3 is 2.89 bits per heavy atom. The van der Waals surface area contributed by atoms with Gasteiger partial charge >= 0.3 is 5.97 Å². The minimum Gasteiger partial charge on any atom is -0.465 e. The van der Waals surface area contributed by atoms with Crippen LogP contribution in [-0.2, 0) is 9.47 Å². The van der Waals surface area contributed by atoms with Gasteiger partial charge in [-0.05, 0) is 42.5 Å². The number of esters is 1. The molecule has 0 N–H and O–H groups in total. The van der Waals surface area contributed by atoms with E-state index in [4.69, 9.17) is 9.47 Å². The van der Waals surface area contributed by atoms with E-state index < -0.39 is 0 Å². The van der Waals surface area contributed by atoms with Crippen LogP contribution in [0, 0.1) is 0 Å². The van der Waals surface area contributed by atoms with E-state index in [0.29, 0.717) is 11.5 Å². The van der Waals surface area contributed by atoms with Crippen LogP contribution in [0.5, 0.6) is 0 Å². The topological polar surface area (TPSA) is 39.9 Å². The first-order valence-electron chi connectivity index (χ1n) is 6.55. The van der Waals surface area contributed by atoms with Gasteiger partial charge in [0.2, 0.25) is 0 Å². The van der Waals surface area contributed by atoms with Crippen molar-refractivity contribution in [1.82, 2.24) is 4.40 Å². The molecule has 0 amide bonds. The molecule has 19 heavy (non-hydrogen) atoms. The lowest BCUT2D eigenvalue weighted by Gasteiger charge is -2.22. The summed E-state index contributed by atoms with van der Waals surface area (Å²) in [4.78, 5) is 11.5. The molecule has 1 aliphatic rings. The molecule has 0 saturated carbocycles. The van der Waals surface area contributed by atoms with Crippen molar-refractivity contribution < 1.29 is 14.3 Å². The molecule has 0 aromatic carbocycles. The van der Waals surface area contributed by atoms with E-state index in [0.717, 1.165) is 31.6 Å². The molecule has 1 saturated heterocycles. The monoisotopic (exact) mass is 259 g/mol. The maximum Gasteiger partial charge on any atom is 0.339 e. The molecule has 3 heterocycles. The van der Waals surface area contributed by atoms with E-state index in [1.807, 2.05) is 16.7 Å². The highest BCUT2D eigenvalue weighted by Gasteiger charge is 2.17. The molecule has 100 valence electrons. The lowest BCUT2D eigenvalue weighted by Crippen LogP contribution is -2.14. The van der Waals surface area contributed by atoms with Gasteiger partial charge < -0.3 is 13.9 Å². The predicted octanol–water partition coefficient (Wildman–Crippen LogP) is 2.62. The van der Waals surface area contributed by atoms with Crippen LogP contribution in [-0.4, -0.2) is 30.7 Å². The van der Waals surface area contributed by atoms with Gasteiger partial charge in [-0.1, -0.05) is 0 Å². The normalized spacial score (nSPS) is 16.7. The van der Waals surface area contributed by atoms with Gasteiger partial charge in [-0.25, -0.2) is 4.79 Å². The number of fused-ring (bicyclic) bond motifs is 1. The van der Waals surface area contributed by atoms with E-state index in [1.54, 1.807) is 6.20 Å². The molecule has 0 aliphatic carbocycles. The smallest absolute Gasteiger partial charge is 0.339 e. The molecule has 2 aromatic rings. The average molecular weight is 259 g/mol. The fourth-order valence-electron chi connectivity index (χ4n) is 2.64. The standard InChI is InChI=1S/C15H17NO3/c1-18-15(17)13-9-14-8-12(2-5-16(14)10-13)11-3-6-19-7-4-11/h2,5,8-11H,3-4,6-7H2,1H3. The highest BCUT2D eigenvalue weighted by Crippen LogP contribution is 2.28. The van der Waals surface area contributed by atoms with Crippen LogP contribution in [0.15, 0.2) is 30.6 Å². The van der Waals surface area contributed by atoms with Crippen molar-refractivity contribution in [3.8, 4) is 0 Å². The number of pyridine rings is 1. The van der Waals surface area contributed by atoms with Gasteiger partial charge in [0.05, 0.1) is 12.7 Å². The maximum atomic E-state index is 11.5. The van der Waals surface area contributed by atoms with Crippen molar-refractivity contribution in [2.45, 2.75) is 18.8 Å². The number of rotatable bonds is 2. The van der Waals surface area contributed by atoms with Crippen LogP contribution in [0.2, 0.25) is 0 Å². The molecule has 4 nitrogen and oxygen atoms in total. The Morgan fingerprint density at radius 1 is 1.37 bits per heavy atom. The van der Waals surface area contributed by atoms with Gasteiger partial charge in [-0.2, -0.15) is 0 Å². The molecule has 0 unspecified atom stereocenters. The van der Waals surface area contributed by atoms with E-state index in [-0.39, 0.29) is 5.97 Å². The molecule has 0 atom stereocenters. The lowest BCUT2D eigenvalue weighted by molar-refractivity contribution is 0.0601. The van der Waals surface area contributed by atoms with E-state index in [2.05, 4.69) is 12.1 Å². The Balaban J connectivity index is 1.93. The summed E-state index contributed by atoms with van der Waals surface area (Å²) in [5.41, 5.74) is 2.95. The van der Waals surface area contributed by atoms with Gasteiger partial charge in [0, 0.05) is 31.1 Å². The van der Waals surface area contributed by atoms with Crippen molar-refractivity contribution in [1.29, 1.82) is 0 Å². The van der Waals surface area contributed by atoms with E-state index >= 15 is 0 Å². The maximum absolute atomic E-state index is 11.5. The first kappa shape index (κ1) is 12.2. The molecular weight excluding hydrogens is 242 g/mol. The van der Waals surface area contributed by atoms with Crippen molar-refractivity contribution in [2.75, 3.05) is 20.3 Å². The summed E-state index contributed by atoms with van der Waals surface area (Å²) in [6.45, 7) is 1.68. The zero-order valence-corrected chi connectivity index (χ0v) is 11.0. The highest BCUT2D eigenvalue weighted by atomic mass is 16.5. The third-order valence-corrected chi connectivity index (χ3v) is 3.74. The Bertz CT molecular complexity index is 596. The van der Waals surface area contributed by atoms with Crippen molar-refractivity contribution in [3.63, 3.8) is 0 Å². The number of methoxy groups -OCH3 is 1. The van der Waals surface area contributed by atoms with Crippen molar-refractivity contribution in [3.05, 3.63) is 41.7 Å². The third kappa shape index (κ3) is 2.36. The van der Waals surface area contributed by atoms with Crippen LogP contribution in [0.3, 0.4) is 0 Å². The Kier molecular flexibility index (Phi) is 3.25. The first-order chi connectivity index (χ1) is 9.28. The molecule has 3 rings (SSSR count). The summed E-state index contributed by atoms with van der Waals surface area (Å²) in [7, 11) is 1.40. The number of hydrogen-bond donors (Lipinski definition) is 0. The summed E-state index contributed by atoms with van der Waals surface area (Å²) >= 11 is 0. The lowest BCUT2D eigenvalue weighted by atomic mass is 9.92. The number of nitrogens with zero attached hydrogens (tertiary/aromatic N) is 1. The summed E-state index contributed by atoms with van der Waals surface area (Å²) in [6, 6.07) is 6.15. The van der Waals surface area contributed by atoms with Gasteiger partial charge in [0.1, 0.15) is 0 Å². The second-order valence-corrected chi connectivity index (χ2v) is 4.90. The molecule has 0 radical (unpaired) electrons. The summed E-state index contributed by atoms with van der Waals surface area (Å²) < 4.78 is 12.1. The van der Waals surface area contributed by atoms with Crippen LogP contribution in [0.25, 0.3) is 5.52 Å². The number of carbonyl (C=O) groups is 1. The predicted molar refractivity (Wildman–Crippen MR) is 71.5 cm³/mol. The SMILES string of the molecule is COC(=O)c1cc2cc(C3CCOCC3)ccn2c1. The second-order valence-electron chi connectivity index (χ2n) is 4.90. The summed E-state index contributed by atoms with van der Waals surface area (Å²) in [6.07, 6.45) is 5.95. The quantitative estimate of drug-likeness (QED) is 0.778. The Morgan fingerprint density at radius 2 is 2.16 bits per heavy atom. The van der Waals surface area contributed by atoms with Gasteiger partial charge in [-0.3, -0.25) is 0 Å². The van der Waals surface area contributed by atoms with Crippen LogP contribution < -0.4 is 0 Å². The Hall–Kier alpha value is -1.81. The van der Waals surface area contributed by atoms with Gasteiger partial charge in [-0.15, -0.1) is 0 Å². The number of ether oxygens (including phenoxy) is 2. The summed E-state index contributed by atoms with van der Waals surface area (Å²) in [5, 5.41) is 0. The van der Waals surface area contributed by atoms with Gasteiger partial charge in [0.15, 0.2) is 0 Å². The molecule has 2 aromatic heterocycles. The second kappa shape index (κ2) is 5.05. The number of carbonyl (C=O) groups excluding carboxylic acids is 1. The fraction of sp³-hybridized carbons (Fsp3) is 0.400. The van der Waals surface area contributed by atoms with Gasteiger partial charge in [0.25, 0.3) is 0 Å². The van der Waals surface area contributed by atoms with E-state index in [9.17, 15) is 4.79 Å². The van der Waals surface area contributed by atoms with Crippen LogP contribution >= 0.6 is 0 Å². The zero-order valence-electron chi connectivity index (χ0n) is 11.0. The molecule has 0 bridgehead atoms. The van der Waals surface area contributed by atoms with Crippen molar-refractivity contribution in [2.24, 2.45) is 0 Å². The number of hydrogen-bond acceptors (Lipinski definition) is 3. The molecule has 1 fully saturated rings. The van der Waals surface area contributed by atoms with Crippen molar-refractivity contribution >= 4 is 11.5 Å². The number of aromatic nitrogens is 1. The zero-order chi connectivity index (χ0) is 13.2.